The van der Waals surface area contributed by atoms with Gasteiger partial charge in [-0.25, -0.2) is 9.97 Å². The normalized spacial score (nSPS) is 17.3. The number of aryl methyl sites for hydroxylation is 1. The number of piperidine rings is 1. The second kappa shape index (κ2) is 5.70. The van der Waals surface area contributed by atoms with E-state index in [0.29, 0.717) is 5.69 Å². The van der Waals surface area contributed by atoms with E-state index >= 15 is 0 Å². The lowest BCUT2D eigenvalue weighted by Crippen LogP contribution is -2.44. The van der Waals surface area contributed by atoms with Crippen molar-refractivity contribution in [2.24, 2.45) is 0 Å². The van der Waals surface area contributed by atoms with Gasteiger partial charge in [0.15, 0.2) is 0 Å². The van der Waals surface area contributed by atoms with E-state index in [1.807, 2.05) is 52.3 Å². The van der Waals surface area contributed by atoms with Gasteiger partial charge in [-0.3, -0.25) is 4.79 Å². The number of pyridine rings is 1. The van der Waals surface area contributed by atoms with Crippen molar-refractivity contribution in [3.63, 3.8) is 0 Å². The monoisotopic (exact) mass is 340 g/mol. The molecule has 0 aliphatic carbocycles. The molecule has 1 amide bonds. The van der Waals surface area contributed by atoms with E-state index in [1.54, 1.807) is 11.3 Å². The van der Waals surface area contributed by atoms with Crippen molar-refractivity contribution in [3.8, 4) is 0 Å². The summed E-state index contributed by atoms with van der Waals surface area (Å²) in [6.45, 7) is 5.79. The van der Waals surface area contributed by atoms with Crippen LogP contribution in [-0.2, 0) is 5.41 Å². The number of carbonyl (C=O) groups is 1. The maximum atomic E-state index is 12.8. The zero-order valence-corrected chi connectivity index (χ0v) is 14.7. The van der Waals surface area contributed by atoms with E-state index in [-0.39, 0.29) is 11.3 Å². The van der Waals surface area contributed by atoms with E-state index in [9.17, 15) is 4.79 Å². The zero-order chi connectivity index (χ0) is 16.7. The van der Waals surface area contributed by atoms with Crippen LogP contribution in [0.5, 0.6) is 0 Å². The lowest BCUT2D eigenvalue weighted by atomic mass is 9.81. The Kier molecular flexibility index (Phi) is 3.64. The van der Waals surface area contributed by atoms with Crippen LogP contribution in [0.1, 0.15) is 40.8 Å². The van der Waals surface area contributed by atoms with Crippen molar-refractivity contribution in [1.29, 1.82) is 0 Å². The molecule has 0 saturated carbocycles. The summed E-state index contributed by atoms with van der Waals surface area (Å²) >= 11 is 1.71. The average molecular weight is 340 g/mol. The van der Waals surface area contributed by atoms with E-state index in [1.165, 1.54) is 5.01 Å². The summed E-state index contributed by atoms with van der Waals surface area (Å²) in [6, 6.07) is 3.96. The molecule has 0 aromatic carbocycles. The first kappa shape index (κ1) is 15.3. The maximum Gasteiger partial charge on any atom is 0.274 e. The highest BCUT2D eigenvalue weighted by molar-refractivity contribution is 7.09. The Labute approximate surface area is 145 Å². The summed E-state index contributed by atoms with van der Waals surface area (Å²) in [5.41, 5.74) is 2.57. The number of imidazole rings is 1. The number of hydrogen-bond acceptors (Lipinski definition) is 4. The number of amides is 1. The van der Waals surface area contributed by atoms with Crippen molar-refractivity contribution in [2.45, 2.75) is 32.1 Å². The van der Waals surface area contributed by atoms with Crippen molar-refractivity contribution in [1.82, 2.24) is 19.3 Å². The third kappa shape index (κ3) is 2.60. The molecule has 3 aromatic rings. The second-order valence-electron chi connectivity index (χ2n) is 6.79. The van der Waals surface area contributed by atoms with Gasteiger partial charge in [-0.1, -0.05) is 13.0 Å². The van der Waals surface area contributed by atoms with Gasteiger partial charge in [0.2, 0.25) is 0 Å². The number of hydrogen-bond donors (Lipinski definition) is 0. The Morgan fingerprint density at radius 3 is 2.75 bits per heavy atom. The van der Waals surface area contributed by atoms with Crippen LogP contribution in [0.2, 0.25) is 0 Å². The molecule has 1 fully saturated rings. The summed E-state index contributed by atoms with van der Waals surface area (Å²) < 4.78 is 1.92. The predicted molar refractivity (Wildman–Crippen MR) is 94.5 cm³/mol. The summed E-state index contributed by atoms with van der Waals surface area (Å²) in [5, 5.41) is 3.20. The smallest absolute Gasteiger partial charge is 0.274 e. The quantitative estimate of drug-likeness (QED) is 0.719. The minimum Gasteiger partial charge on any atom is -0.337 e. The predicted octanol–water partition coefficient (Wildman–Crippen LogP) is 3.29. The van der Waals surface area contributed by atoms with Crippen LogP contribution in [0.4, 0.5) is 0 Å². The fraction of sp³-hybridized carbons (Fsp3) is 0.389. The van der Waals surface area contributed by atoms with Gasteiger partial charge in [0.25, 0.3) is 5.91 Å². The number of aromatic nitrogens is 3. The largest absolute Gasteiger partial charge is 0.337 e. The van der Waals surface area contributed by atoms with Gasteiger partial charge >= 0.3 is 0 Å². The van der Waals surface area contributed by atoms with Gasteiger partial charge in [-0.2, -0.15) is 0 Å². The van der Waals surface area contributed by atoms with Crippen molar-refractivity contribution < 1.29 is 4.79 Å². The molecule has 4 heterocycles. The molecule has 1 aliphatic heterocycles. The zero-order valence-electron chi connectivity index (χ0n) is 13.9. The fourth-order valence-electron chi connectivity index (χ4n) is 3.31. The van der Waals surface area contributed by atoms with E-state index in [4.69, 9.17) is 0 Å². The molecule has 0 unspecified atom stereocenters. The Balaban J connectivity index is 1.51. The fourth-order valence-corrected chi connectivity index (χ4v) is 4.17. The van der Waals surface area contributed by atoms with Crippen LogP contribution in [0.3, 0.4) is 0 Å². The van der Waals surface area contributed by atoms with Crippen molar-refractivity contribution >= 4 is 22.9 Å². The molecule has 0 bridgehead atoms. The van der Waals surface area contributed by atoms with Crippen LogP contribution in [0.15, 0.2) is 36.1 Å². The summed E-state index contributed by atoms with van der Waals surface area (Å²) in [6.07, 6.45) is 7.58. The first-order valence-electron chi connectivity index (χ1n) is 8.20. The van der Waals surface area contributed by atoms with Crippen molar-refractivity contribution in [3.05, 3.63) is 52.4 Å². The van der Waals surface area contributed by atoms with Gasteiger partial charge in [0.1, 0.15) is 11.3 Å². The molecule has 0 atom stereocenters. The van der Waals surface area contributed by atoms with Crippen LogP contribution in [0, 0.1) is 6.92 Å². The Bertz CT molecular complexity index is 876. The molecule has 1 saturated heterocycles. The Hall–Kier alpha value is -2.21. The highest BCUT2D eigenvalue weighted by atomic mass is 32.1. The second-order valence-corrected chi connectivity index (χ2v) is 7.68. The molecule has 24 heavy (non-hydrogen) atoms. The number of rotatable bonds is 2. The lowest BCUT2D eigenvalue weighted by Gasteiger charge is -2.37. The van der Waals surface area contributed by atoms with Gasteiger partial charge in [0.05, 0.1) is 5.01 Å². The molecule has 3 aromatic heterocycles. The maximum absolute atomic E-state index is 12.8. The molecule has 124 valence electrons. The highest BCUT2D eigenvalue weighted by Crippen LogP contribution is 2.36. The van der Waals surface area contributed by atoms with Crippen LogP contribution < -0.4 is 0 Å². The number of fused-ring (bicyclic) bond motifs is 1. The van der Waals surface area contributed by atoms with Gasteiger partial charge in [0, 0.05) is 42.5 Å². The third-order valence-corrected chi connectivity index (χ3v) is 6.00. The molecule has 4 rings (SSSR count). The molecular formula is C18H20N4OS. The SMILES string of the molecule is Cc1ccc2nc(C(=O)N3CCC(C)(c4nccs4)CC3)cn2c1. The summed E-state index contributed by atoms with van der Waals surface area (Å²) in [7, 11) is 0. The van der Waals surface area contributed by atoms with Crippen molar-refractivity contribution in [2.75, 3.05) is 13.1 Å². The number of nitrogens with zero attached hydrogens (tertiary/aromatic N) is 4. The molecule has 0 spiro atoms. The summed E-state index contributed by atoms with van der Waals surface area (Å²) in [4.78, 5) is 23.7. The Morgan fingerprint density at radius 1 is 1.25 bits per heavy atom. The van der Waals surface area contributed by atoms with Crippen LogP contribution in [-0.4, -0.2) is 38.3 Å². The molecule has 1 aliphatic rings. The first-order valence-corrected chi connectivity index (χ1v) is 9.08. The minimum atomic E-state index is 0.0255. The molecule has 0 N–H and O–H groups in total. The number of likely N-dealkylation sites (tertiary alicyclic amines) is 1. The Morgan fingerprint density at radius 2 is 2.04 bits per heavy atom. The first-order chi connectivity index (χ1) is 11.5. The number of carbonyl (C=O) groups excluding carboxylic acids is 1. The number of thiazole rings is 1. The van der Waals surface area contributed by atoms with Gasteiger partial charge in [-0.15, -0.1) is 11.3 Å². The summed E-state index contributed by atoms with van der Waals surface area (Å²) in [5.74, 6) is 0.0255. The molecule has 6 heteroatoms. The standard InChI is InChI=1S/C18H20N4OS/c1-13-3-4-15-20-14(12-22(15)11-13)16(23)21-8-5-18(2,6-9-21)17-19-7-10-24-17/h3-4,7,10-12H,5-6,8-9H2,1-2H3. The molecular weight excluding hydrogens is 320 g/mol. The molecule has 0 radical (unpaired) electrons. The highest BCUT2D eigenvalue weighted by Gasteiger charge is 2.35. The third-order valence-electron chi connectivity index (χ3n) is 4.92. The minimum absolute atomic E-state index is 0.0255. The lowest BCUT2D eigenvalue weighted by molar-refractivity contribution is 0.0670. The van der Waals surface area contributed by atoms with E-state index in [0.717, 1.165) is 37.1 Å². The topological polar surface area (TPSA) is 50.5 Å². The van der Waals surface area contributed by atoms with Gasteiger partial charge < -0.3 is 9.30 Å². The average Bonchev–Trinajstić information content (AvgIpc) is 3.24. The van der Waals surface area contributed by atoms with Crippen LogP contribution >= 0.6 is 11.3 Å². The van der Waals surface area contributed by atoms with E-state index in [2.05, 4.69) is 16.9 Å². The van der Waals surface area contributed by atoms with Gasteiger partial charge in [-0.05, 0) is 31.4 Å². The van der Waals surface area contributed by atoms with E-state index < -0.39 is 0 Å². The molecule has 5 nitrogen and oxygen atoms in total. The van der Waals surface area contributed by atoms with Crippen LogP contribution in [0.25, 0.3) is 5.65 Å².